The van der Waals surface area contributed by atoms with E-state index < -0.39 is 0 Å². The van der Waals surface area contributed by atoms with E-state index in [0.717, 1.165) is 50.0 Å². The van der Waals surface area contributed by atoms with Gasteiger partial charge in [-0.15, -0.1) is 0 Å². The summed E-state index contributed by atoms with van der Waals surface area (Å²) in [7, 11) is 0. The zero-order chi connectivity index (χ0) is 23.2. The molecule has 0 spiro atoms. The third-order valence-electron chi connectivity index (χ3n) is 7.42. The molecule has 3 saturated heterocycles. The van der Waals surface area contributed by atoms with Crippen LogP contribution in [0.15, 0.2) is 36.5 Å². The van der Waals surface area contributed by atoms with Crippen LogP contribution in [0.3, 0.4) is 0 Å². The fraction of sp³-hybridized carbons (Fsp3) is 0.556. The van der Waals surface area contributed by atoms with Crippen LogP contribution >= 0.6 is 0 Å². The molecule has 1 aromatic carbocycles. The number of alkyl carbamates (subject to hydrolysis) is 1. The van der Waals surface area contributed by atoms with Crippen LogP contribution in [0.4, 0.5) is 4.79 Å². The van der Waals surface area contributed by atoms with Crippen LogP contribution in [-0.4, -0.2) is 47.8 Å². The topological polar surface area (TPSA) is 63.7 Å². The van der Waals surface area contributed by atoms with Crippen molar-refractivity contribution in [3.63, 3.8) is 0 Å². The van der Waals surface area contributed by atoms with Crippen molar-refractivity contribution in [1.29, 1.82) is 0 Å². The maximum Gasteiger partial charge on any atom is 0.407 e. The number of nitrogens with one attached hydrogen (secondary N) is 1. The number of benzene rings is 1. The molecule has 3 fully saturated rings. The molecule has 6 heteroatoms. The molecular weight excluding hydrogens is 414 g/mol. The smallest absolute Gasteiger partial charge is 0.407 e. The molecule has 2 bridgehead atoms. The maximum absolute atomic E-state index is 12.9. The molecule has 4 aliphatic rings. The summed E-state index contributed by atoms with van der Waals surface area (Å²) in [5.74, 6) is 1.15. The Hall–Kier alpha value is -2.60. The average molecular weight is 450 g/mol. The van der Waals surface area contributed by atoms with Crippen molar-refractivity contribution in [2.24, 2.45) is 11.3 Å². The van der Waals surface area contributed by atoms with Gasteiger partial charge in [-0.1, -0.05) is 32.0 Å². The van der Waals surface area contributed by atoms with E-state index in [2.05, 4.69) is 47.2 Å². The Morgan fingerprint density at radius 2 is 1.91 bits per heavy atom. The number of pyridine rings is 1. The predicted octanol–water partition coefficient (Wildman–Crippen LogP) is 4.98. The van der Waals surface area contributed by atoms with Gasteiger partial charge in [0, 0.05) is 24.4 Å². The summed E-state index contributed by atoms with van der Waals surface area (Å²) in [6.45, 7) is 11.6. The number of ether oxygens (including phenoxy) is 2. The highest BCUT2D eigenvalue weighted by Crippen LogP contribution is 2.46. The van der Waals surface area contributed by atoms with Gasteiger partial charge in [-0.05, 0) is 80.3 Å². The van der Waals surface area contributed by atoms with E-state index in [1.807, 2.05) is 32.2 Å². The monoisotopic (exact) mass is 449 g/mol. The maximum atomic E-state index is 12.9. The lowest BCUT2D eigenvalue weighted by Crippen LogP contribution is -2.53. The molecule has 176 valence electrons. The number of piperidine rings is 3. The molecule has 1 amide bonds. The van der Waals surface area contributed by atoms with Gasteiger partial charge in [0.2, 0.25) is 5.88 Å². The molecule has 1 aromatic heterocycles. The van der Waals surface area contributed by atoms with Crippen molar-refractivity contribution < 1.29 is 14.3 Å². The van der Waals surface area contributed by atoms with E-state index in [9.17, 15) is 4.79 Å². The van der Waals surface area contributed by atoms with E-state index in [1.54, 1.807) is 0 Å². The normalized spacial score (nSPS) is 27.3. The Balaban J connectivity index is 1.29. The molecule has 1 unspecified atom stereocenters. The lowest BCUT2D eigenvalue weighted by atomic mass is 9.85. The van der Waals surface area contributed by atoms with Crippen LogP contribution in [0.25, 0.3) is 11.1 Å². The highest BCUT2D eigenvalue weighted by Gasteiger charge is 2.42. The van der Waals surface area contributed by atoms with Crippen molar-refractivity contribution in [2.75, 3.05) is 19.6 Å². The molecular formula is C27H35N3O3. The van der Waals surface area contributed by atoms with Gasteiger partial charge in [-0.2, -0.15) is 0 Å². The lowest BCUT2D eigenvalue weighted by molar-refractivity contribution is -0.0348. The van der Waals surface area contributed by atoms with E-state index >= 15 is 0 Å². The van der Waals surface area contributed by atoms with Crippen LogP contribution in [0.5, 0.6) is 5.88 Å². The molecule has 1 aliphatic carbocycles. The summed E-state index contributed by atoms with van der Waals surface area (Å²) in [6, 6.07) is 10.4. The number of amides is 1. The Labute approximate surface area is 196 Å². The van der Waals surface area contributed by atoms with Crippen molar-refractivity contribution in [2.45, 2.75) is 65.2 Å². The molecule has 0 radical (unpaired) electrons. The predicted molar refractivity (Wildman–Crippen MR) is 128 cm³/mol. The van der Waals surface area contributed by atoms with Gasteiger partial charge in [0.05, 0.1) is 12.1 Å². The fourth-order valence-corrected chi connectivity index (χ4v) is 5.70. The molecule has 6 nitrogen and oxygen atoms in total. The third kappa shape index (κ3) is 4.58. The third-order valence-corrected chi connectivity index (χ3v) is 7.42. The zero-order valence-corrected chi connectivity index (χ0v) is 20.1. The summed E-state index contributed by atoms with van der Waals surface area (Å²) in [5, 5.41) is 3.21. The second-order valence-electron chi connectivity index (χ2n) is 10.8. The van der Waals surface area contributed by atoms with Crippen LogP contribution in [-0.2, 0) is 11.2 Å². The van der Waals surface area contributed by atoms with E-state index in [4.69, 9.17) is 9.47 Å². The first-order chi connectivity index (χ1) is 15.8. The molecule has 33 heavy (non-hydrogen) atoms. The lowest BCUT2D eigenvalue weighted by Gasteiger charge is -2.44. The van der Waals surface area contributed by atoms with Gasteiger partial charge in [0.15, 0.2) is 0 Å². The summed E-state index contributed by atoms with van der Waals surface area (Å²) in [5.41, 5.74) is 4.56. The largest absolute Gasteiger partial charge is 0.475 e. The Morgan fingerprint density at radius 1 is 1.15 bits per heavy atom. The number of fused-ring (bicyclic) bond motifs is 4. The second-order valence-corrected chi connectivity index (χ2v) is 10.8. The molecule has 4 heterocycles. The number of hydrogen-bond acceptors (Lipinski definition) is 5. The van der Waals surface area contributed by atoms with Gasteiger partial charge in [0.1, 0.15) is 6.10 Å². The highest BCUT2D eigenvalue weighted by atomic mass is 16.6. The van der Waals surface area contributed by atoms with Crippen LogP contribution in [0.2, 0.25) is 0 Å². The van der Waals surface area contributed by atoms with Gasteiger partial charge >= 0.3 is 6.09 Å². The first-order valence-corrected chi connectivity index (χ1v) is 12.2. The van der Waals surface area contributed by atoms with Gasteiger partial charge in [-0.25, -0.2) is 9.78 Å². The number of nitrogens with zero attached hydrogens (tertiary/aromatic N) is 2. The number of carbonyl (C=O) groups is 1. The molecule has 0 saturated carbocycles. The Morgan fingerprint density at radius 3 is 2.55 bits per heavy atom. The molecule has 3 aliphatic heterocycles. The summed E-state index contributed by atoms with van der Waals surface area (Å²) < 4.78 is 11.6. The molecule has 2 atom stereocenters. The average Bonchev–Trinajstić information content (AvgIpc) is 3.03. The quantitative estimate of drug-likeness (QED) is 0.698. The summed E-state index contributed by atoms with van der Waals surface area (Å²) >= 11 is 0. The number of rotatable bonds is 5. The van der Waals surface area contributed by atoms with E-state index in [-0.39, 0.29) is 29.8 Å². The van der Waals surface area contributed by atoms with Crippen molar-refractivity contribution in [3.8, 4) is 17.0 Å². The standard InChI is InChI=1S/C27H35N3O3/c1-17(2)32-24-8-6-20(15-28-24)19-5-7-22-21(13-19)14-27(3,4)25(22)29-26(31)33-23-16-30-11-9-18(23)10-12-30/h5-8,13,15,17-18,23,25H,9-12,14,16H2,1-4H3,(H,29,31)/t23-,25?/m0/s1. The summed E-state index contributed by atoms with van der Waals surface area (Å²) in [4.78, 5) is 19.7. The van der Waals surface area contributed by atoms with Crippen molar-refractivity contribution >= 4 is 6.09 Å². The minimum atomic E-state index is -0.284. The first kappa shape index (κ1) is 22.2. The van der Waals surface area contributed by atoms with Crippen LogP contribution in [0, 0.1) is 11.3 Å². The van der Waals surface area contributed by atoms with Gasteiger partial charge in [-0.3, -0.25) is 4.90 Å². The number of carbonyl (C=O) groups excluding carboxylic acids is 1. The minimum Gasteiger partial charge on any atom is -0.475 e. The fourth-order valence-electron chi connectivity index (χ4n) is 5.70. The highest BCUT2D eigenvalue weighted by molar-refractivity contribution is 5.70. The van der Waals surface area contributed by atoms with Crippen molar-refractivity contribution in [1.82, 2.24) is 15.2 Å². The van der Waals surface area contributed by atoms with E-state index in [0.29, 0.717) is 11.8 Å². The van der Waals surface area contributed by atoms with Crippen molar-refractivity contribution in [3.05, 3.63) is 47.7 Å². The molecule has 1 N–H and O–H groups in total. The molecule has 2 aromatic rings. The van der Waals surface area contributed by atoms with E-state index in [1.165, 1.54) is 11.1 Å². The Kier molecular flexibility index (Phi) is 5.81. The SMILES string of the molecule is CC(C)Oc1ccc(-c2ccc3c(c2)CC(C)(C)C3NC(=O)O[C@H]2CN3CCC2CC3)cn1. The minimum absolute atomic E-state index is 0.0222. The van der Waals surface area contributed by atoms with Gasteiger partial charge in [0.25, 0.3) is 0 Å². The first-order valence-electron chi connectivity index (χ1n) is 12.2. The van der Waals surface area contributed by atoms with Crippen LogP contribution in [0.1, 0.15) is 57.7 Å². The van der Waals surface area contributed by atoms with Crippen LogP contribution < -0.4 is 10.1 Å². The number of aromatic nitrogens is 1. The van der Waals surface area contributed by atoms with Gasteiger partial charge < -0.3 is 14.8 Å². The Bertz CT molecular complexity index is 1010. The zero-order valence-electron chi connectivity index (χ0n) is 20.1. The summed E-state index contributed by atoms with van der Waals surface area (Å²) in [6.07, 6.45) is 4.88. The second kappa shape index (κ2) is 8.64. The molecule has 6 rings (SSSR count). The number of hydrogen-bond donors (Lipinski definition) is 1.